The van der Waals surface area contributed by atoms with Gasteiger partial charge < -0.3 is 17.6 Å². The van der Waals surface area contributed by atoms with Gasteiger partial charge in [-0.05, 0) is 34.1 Å². The molecule has 0 saturated heterocycles. The summed E-state index contributed by atoms with van der Waals surface area (Å²) in [4.78, 5) is 0. The number of allylic oxidation sites excluding steroid dienone is 2. The average molecular weight is 428 g/mol. The maximum Gasteiger partial charge on any atom is 0.738 e. The Morgan fingerprint density at radius 3 is 2.64 bits per heavy atom. The highest BCUT2D eigenvalue weighted by molar-refractivity contribution is 9.18. The van der Waals surface area contributed by atoms with E-state index in [2.05, 4.69) is 42.1 Å². The van der Waals surface area contributed by atoms with E-state index in [-0.39, 0.29) is 0 Å². The molecule has 0 fully saturated rings. The van der Waals surface area contributed by atoms with E-state index < -0.39 is 6.97 Å². The van der Waals surface area contributed by atoms with Gasteiger partial charge in [0.15, 0.2) is 5.70 Å². The van der Waals surface area contributed by atoms with Gasteiger partial charge in [0, 0.05) is 39.3 Å². The molecule has 2 aliphatic heterocycles. The lowest BCUT2D eigenvalue weighted by Gasteiger charge is -2.31. The van der Waals surface area contributed by atoms with Crippen molar-refractivity contribution >= 4 is 49.0 Å². The largest absolute Gasteiger partial charge is 0.738 e. The summed E-state index contributed by atoms with van der Waals surface area (Å²) < 4.78 is 32.6. The summed E-state index contributed by atoms with van der Waals surface area (Å²) >= 11 is 6.44. The van der Waals surface area contributed by atoms with Crippen LogP contribution in [0.4, 0.5) is 8.63 Å². The molecule has 0 N–H and O–H groups in total. The lowest BCUT2D eigenvalue weighted by molar-refractivity contribution is -0.358. The van der Waals surface area contributed by atoms with Gasteiger partial charge in [-0.3, -0.25) is 0 Å². The van der Waals surface area contributed by atoms with Gasteiger partial charge in [0.25, 0.3) is 0 Å². The average Bonchev–Trinajstić information content (AvgIpc) is 3.06. The Kier molecular flexibility index (Phi) is 2.99. The van der Waals surface area contributed by atoms with Crippen LogP contribution in [0.25, 0.3) is 5.57 Å². The predicted octanol–water partition coefficient (Wildman–Crippen LogP) is 3.41. The first-order valence-corrected chi connectivity index (χ1v) is 8.01. The van der Waals surface area contributed by atoms with Gasteiger partial charge in [0.1, 0.15) is 0 Å². The standard InChI is InChI=1S/C13H7BBr2F2N4/c15-11-3-1-9-13(8-5-6-19-20-7-8)10-2-4-12(16)22(10)14(17,18)21(9)11/h1-7H. The first kappa shape index (κ1) is 14.0. The Balaban J connectivity index is 2.13. The summed E-state index contributed by atoms with van der Waals surface area (Å²) in [7, 11) is 0. The van der Waals surface area contributed by atoms with Crippen molar-refractivity contribution in [3.63, 3.8) is 0 Å². The topological polar surface area (TPSA) is 33.7 Å². The Bertz CT molecular complexity index is 887. The number of rotatable bonds is 1. The summed E-state index contributed by atoms with van der Waals surface area (Å²) in [6, 6.07) is 5.06. The molecule has 0 spiro atoms. The van der Waals surface area contributed by atoms with Gasteiger partial charge in [-0.2, -0.15) is 10.2 Å². The molecule has 0 radical (unpaired) electrons. The highest BCUT2D eigenvalue weighted by atomic mass is 79.9. The molecule has 22 heavy (non-hydrogen) atoms. The SMILES string of the molecule is F[B-]1(F)n2c(Br)ccc2C(c2ccnnc2)=C2C=CC(Br)=[N+]21. The van der Waals surface area contributed by atoms with Gasteiger partial charge in [-0.1, -0.05) is 0 Å². The van der Waals surface area contributed by atoms with Crippen LogP contribution in [0.2, 0.25) is 0 Å². The van der Waals surface area contributed by atoms with E-state index >= 15 is 0 Å². The Morgan fingerprint density at radius 2 is 1.91 bits per heavy atom. The van der Waals surface area contributed by atoms with E-state index in [9.17, 15) is 8.63 Å². The number of nitrogens with zero attached hydrogens (tertiary/aromatic N) is 4. The second-order valence-electron chi connectivity index (χ2n) is 4.92. The van der Waals surface area contributed by atoms with Crippen LogP contribution >= 0.6 is 31.9 Å². The fourth-order valence-electron chi connectivity index (χ4n) is 2.87. The summed E-state index contributed by atoms with van der Waals surface area (Å²) in [6.07, 6.45) is 6.42. The zero-order valence-corrected chi connectivity index (χ0v) is 14.1. The Labute approximate surface area is 141 Å². The van der Waals surface area contributed by atoms with Crippen LogP contribution in [-0.2, 0) is 0 Å². The zero-order chi connectivity index (χ0) is 15.5. The van der Waals surface area contributed by atoms with Crippen molar-refractivity contribution in [3.05, 3.63) is 64.3 Å². The third-order valence-corrected chi connectivity index (χ3v) is 5.04. The number of hydrogen-bond donors (Lipinski definition) is 0. The molecular weight excluding hydrogens is 421 g/mol. The monoisotopic (exact) mass is 426 g/mol. The van der Waals surface area contributed by atoms with Crippen LogP contribution in [0.15, 0.2) is 53.0 Å². The van der Waals surface area contributed by atoms with Gasteiger partial charge in [0.2, 0.25) is 4.62 Å². The van der Waals surface area contributed by atoms with E-state index in [1.807, 2.05) is 0 Å². The number of aromatic nitrogens is 3. The van der Waals surface area contributed by atoms with Gasteiger partial charge in [-0.25, -0.2) is 0 Å². The number of hydrogen-bond acceptors (Lipinski definition) is 2. The molecule has 0 saturated carbocycles. The van der Waals surface area contributed by atoms with Crippen LogP contribution in [0.1, 0.15) is 11.3 Å². The quantitative estimate of drug-likeness (QED) is 0.654. The van der Waals surface area contributed by atoms with Crippen molar-refractivity contribution in [1.29, 1.82) is 0 Å². The van der Waals surface area contributed by atoms with Gasteiger partial charge in [0.05, 0.1) is 22.6 Å². The van der Waals surface area contributed by atoms with Crippen LogP contribution < -0.4 is 0 Å². The minimum atomic E-state index is -3.98. The summed E-state index contributed by atoms with van der Waals surface area (Å²) in [5.74, 6) is 0. The number of fused-ring (bicyclic) bond motifs is 2. The molecule has 0 aromatic carbocycles. The fraction of sp³-hybridized carbons (Fsp3) is 0. The molecule has 4 heterocycles. The molecule has 0 bridgehead atoms. The third kappa shape index (κ3) is 1.75. The maximum atomic E-state index is 15.0. The van der Waals surface area contributed by atoms with Crippen molar-refractivity contribution < 1.29 is 13.1 Å². The molecular formula is C13H7BBr2F2N4. The van der Waals surface area contributed by atoms with Crippen molar-refractivity contribution in [3.8, 4) is 0 Å². The van der Waals surface area contributed by atoms with Crippen molar-refractivity contribution in [2.24, 2.45) is 0 Å². The molecule has 2 aromatic heterocycles. The van der Waals surface area contributed by atoms with Crippen LogP contribution in [0.5, 0.6) is 0 Å². The normalized spacial score (nSPS) is 18.7. The third-order valence-electron chi connectivity index (χ3n) is 3.74. The van der Waals surface area contributed by atoms with Gasteiger partial charge >= 0.3 is 6.97 Å². The maximum absolute atomic E-state index is 15.0. The Morgan fingerprint density at radius 1 is 1.09 bits per heavy atom. The van der Waals surface area contributed by atoms with Crippen LogP contribution in [-0.4, -0.2) is 30.8 Å². The molecule has 110 valence electrons. The summed E-state index contributed by atoms with van der Waals surface area (Å²) in [5, 5.41) is 7.61. The van der Waals surface area contributed by atoms with Crippen molar-refractivity contribution in [2.45, 2.75) is 0 Å². The zero-order valence-electron chi connectivity index (χ0n) is 10.9. The van der Waals surface area contributed by atoms with Crippen LogP contribution in [0, 0.1) is 0 Å². The van der Waals surface area contributed by atoms with E-state index in [4.69, 9.17) is 0 Å². The first-order valence-electron chi connectivity index (χ1n) is 6.42. The molecule has 4 nitrogen and oxygen atoms in total. The molecule has 0 unspecified atom stereocenters. The highest BCUT2D eigenvalue weighted by Gasteiger charge is 2.54. The Hall–Kier alpha value is -1.61. The van der Waals surface area contributed by atoms with E-state index in [0.717, 1.165) is 14.5 Å². The lowest BCUT2D eigenvalue weighted by atomic mass is 9.87. The van der Waals surface area contributed by atoms with E-state index in [1.165, 1.54) is 0 Å². The molecule has 2 aliphatic rings. The molecule has 9 heteroatoms. The first-order chi connectivity index (χ1) is 10.5. The van der Waals surface area contributed by atoms with Crippen molar-refractivity contribution in [1.82, 2.24) is 14.7 Å². The lowest BCUT2D eigenvalue weighted by Crippen LogP contribution is -2.50. The van der Waals surface area contributed by atoms with Crippen LogP contribution in [0.3, 0.4) is 0 Å². The smallest absolute Gasteiger partial charge is 0.389 e. The molecule has 0 amide bonds. The number of halogens is 4. The molecule has 4 rings (SSSR count). The molecule has 2 aromatic rings. The minimum Gasteiger partial charge on any atom is -0.389 e. The fourth-order valence-corrected chi connectivity index (χ4v) is 4.01. The predicted molar refractivity (Wildman–Crippen MR) is 86.9 cm³/mol. The summed E-state index contributed by atoms with van der Waals surface area (Å²) in [5.41, 5.74) is 2.32. The molecule has 0 atom stereocenters. The van der Waals surface area contributed by atoms with Gasteiger partial charge in [-0.15, -0.1) is 0 Å². The summed E-state index contributed by atoms with van der Waals surface area (Å²) in [6.45, 7) is -3.98. The van der Waals surface area contributed by atoms with E-state index in [1.54, 1.807) is 42.7 Å². The van der Waals surface area contributed by atoms with Crippen molar-refractivity contribution in [2.75, 3.05) is 0 Å². The minimum absolute atomic E-state index is 0.332. The van der Waals surface area contributed by atoms with E-state index in [0.29, 0.717) is 26.2 Å². The highest BCUT2D eigenvalue weighted by Crippen LogP contribution is 2.41. The second kappa shape index (κ2) is 4.69. The molecule has 0 aliphatic carbocycles. The second-order valence-corrected chi connectivity index (χ2v) is 6.54.